The predicted molar refractivity (Wildman–Crippen MR) is 86.2 cm³/mol. The van der Waals surface area contributed by atoms with Crippen LogP contribution in [0.5, 0.6) is 0 Å². The molecule has 0 atom stereocenters. The molecule has 0 radical (unpaired) electrons. The van der Waals surface area contributed by atoms with Crippen LogP contribution in [-0.2, 0) is 16.4 Å². The van der Waals surface area contributed by atoms with Gasteiger partial charge in [-0.05, 0) is 56.1 Å². The maximum atomic E-state index is 12.3. The molecular weight excluding hydrogens is 304 g/mol. The van der Waals surface area contributed by atoms with E-state index >= 15 is 0 Å². The zero-order chi connectivity index (χ0) is 14.9. The van der Waals surface area contributed by atoms with Crippen molar-refractivity contribution in [3.8, 4) is 0 Å². The van der Waals surface area contributed by atoms with Crippen LogP contribution < -0.4 is 10.0 Å². The van der Waals surface area contributed by atoms with Gasteiger partial charge in [-0.1, -0.05) is 6.92 Å². The highest BCUT2D eigenvalue weighted by Crippen LogP contribution is 2.48. The molecule has 0 saturated heterocycles. The largest absolute Gasteiger partial charge is 0.314 e. The topological polar surface area (TPSA) is 58.2 Å². The average molecular weight is 329 g/mol. The van der Waals surface area contributed by atoms with Crippen molar-refractivity contribution in [3.05, 3.63) is 17.0 Å². The molecule has 1 aromatic heterocycles. The quantitative estimate of drug-likeness (QED) is 0.732. The summed E-state index contributed by atoms with van der Waals surface area (Å²) in [6, 6.07) is 4.39. The first-order chi connectivity index (χ1) is 10.0. The second-order valence-corrected chi connectivity index (χ2v) is 9.54. The van der Waals surface area contributed by atoms with Crippen molar-refractivity contribution >= 4 is 21.4 Å². The van der Waals surface area contributed by atoms with E-state index in [1.165, 1.54) is 24.2 Å². The van der Waals surface area contributed by atoms with Crippen LogP contribution in [0.15, 0.2) is 16.3 Å². The van der Waals surface area contributed by atoms with E-state index in [1.807, 2.05) is 6.07 Å². The van der Waals surface area contributed by atoms with E-state index in [9.17, 15) is 8.42 Å². The third kappa shape index (κ3) is 4.06. The fourth-order valence-corrected chi connectivity index (χ4v) is 5.03. The summed E-state index contributed by atoms with van der Waals surface area (Å²) in [5, 5.41) is 3.46. The normalized spacial score (nSPS) is 20.6. The zero-order valence-corrected chi connectivity index (χ0v) is 14.2. The van der Waals surface area contributed by atoms with Crippen LogP contribution in [-0.4, -0.2) is 27.5 Å². The molecule has 2 saturated carbocycles. The van der Waals surface area contributed by atoms with Crippen LogP contribution in [0.1, 0.15) is 43.9 Å². The fourth-order valence-electron chi connectivity index (χ4n) is 2.48. The Balaban J connectivity index is 1.53. The Labute approximate surface area is 131 Å². The van der Waals surface area contributed by atoms with Gasteiger partial charge in [0.2, 0.25) is 10.0 Å². The smallest absolute Gasteiger partial charge is 0.250 e. The first-order valence-corrected chi connectivity index (χ1v) is 10.1. The lowest BCUT2D eigenvalue weighted by atomic mass is 10.1. The van der Waals surface area contributed by atoms with Crippen molar-refractivity contribution < 1.29 is 8.42 Å². The molecule has 118 valence electrons. The van der Waals surface area contributed by atoms with Crippen LogP contribution >= 0.6 is 11.3 Å². The molecule has 21 heavy (non-hydrogen) atoms. The minimum absolute atomic E-state index is 0.237. The Morgan fingerprint density at radius 3 is 2.71 bits per heavy atom. The molecule has 2 fully saturated rings. The molecular formula is C15H24N2O2S2. The number of sulfonamides is 1. The molecule has 0 spiro atoms. The summed E-state index contributed by atoms with van der Waals surface area (Å²) in [5.41, 5.74) is 0.237. The lowest BCUT2D eigenvalue weighted by Gasteiger charge is -2.12. The Kier molecular flexibility index (Phi) is 4.41. The highest BCUT2D eigenvalue weighted by molar-refractivity contribution is 7.91. The molecule has 1 aromatic rings. The second kappa shape index (κ2) is 5.99. The van der Waals surface area contributed by atoms with E-state index in [0.29, 0.717) is 16.8 Å². The maximum absolute atomic E-state index is 12.3. The van der Waals surface area contributed by atoms with Crippen molar-refractivity contribution in [3.63, 3.8) is 0 Å². The molecule has 4 nitrogen and oxygen atoms in total. The van der Waals surface area contributed by atoms with Crippen molar-refractivity contribution in [2.24, 2.45) is 5.41 Å². The molecule has 0 amide bonds. The fraction of sp³-hybridized carbons (Fsp3) is 0.733. The molecule has 0 unspecified atom stereocenters. The molecule has 2 N–H and O–H groups in total. The van der Waals surface area contributed by atoms with Gasteiger partial charge < -0.3 is 5.32 Å². The maximum Gasteiger partial charge on any atom is 0.250 e. The Morgan fingerprint density at radius 1 is 1.33 bits per heavy atom. The highest BCUT2D eigenvalue weighted by Gasteiger charge is 2.41. The Morgan fingerprint density at radius 2 is 2.10 bits per heavy atom. The lowest BCUT2D eigenvalue weighted by Crippen LogP contribution is -2.29. The number of nitrogens with one attached hydrogen (secondary N) is 2. The van der Waals surface area contributed by atoms with Gasteiger partial charge in [-0.3, -0.25) is 0 Å². The Bertz CT molecular complexity index is 587. The lowest BCUT2D eigenvalue weighted by molar-refractivity contribution is 0.476. The molecule has 6 heteroatoms. The molecule has 3 rings (SSSR count). The van der Waals surface area contributed by atoms with E-state index < -0.39 is 10.0 Å². The molecule has 0 bridgehead atoms. The number of hydrogen-bond acceptors (Lipinski definition) is 4. The molecule has 2 aliphatic carbocycles. The monoisotopic (exact) mass is 328 g/mol. The van der Waals surface area contributed by atoms with Crippen molar-refractivity contribution in [2.75, 3.05) is 13.1 Å². The van der Waals surface area contributed by atoms with E-state index in [-0.39, 0.29) is 5.41 Å². The summed E-state index contributed by atoms with van der Waals surface area (Å²) < 4.78 is 27.9. The van der Waals surface area contributed by atoms with Gasteiger partial charge in [0.15, 0.2) is 0 Å². The predicted octanol–water partition coefficient (Wildman–Crippen LogP) is 2.51. The first kappa shape index (κ1) is 15.5. The Hall–Kier alpha value is -0.430. The summed E-state index contributed by atoms with van der Waals surface area (Å²) in [5.74, 6) is 0. The van der Waals surface area contributed by atoms with Gasteiger partial charge in [-0.15, -0.1) is 11.3 Å². The standard InChI is InChI=1S/C15H24N2O2S2/c1-2-15(8-9-15)11-17-21(18,19)14-6-5-13(20-14)7-10-16-12-3-4-12/h5-6,12,16-17H,2-4,7-11H2,1H3. The summed E-state index contributed by atoms with van der Waals surface area (Å²) in [6.45, 7) is 3.66. The highest BCUT2D eigenvalue weighted by atomic mass is 32.2. The van der Waals surface area contributed by atoms with E-state index in [4.69, 9.17) is 0 Å². The van der Waals surface area contributed by atoms with Crippen molar-refractivity contribution in [1.29, 1.82) is 0 Å². The van der Waals surface area contributed by atoms with Gasteiger partial charge in [0.25, 0.3) is 0 Å². The third-order valence-electron chi connectivity index (χ3n) is 4.63. The van der Waals surface area contributed by atoms with Gasteiger partial charge in [0.05, 0.1) is 0 Å². The molecule has 0 aliphatic heterocycles. The van der Waals surface area contributed by atoms with Crippen molar-refractivity contribution in [1.82, 2.24) is 10.0 Å². The summed E-state index contributed by atoms with van der Waals surface area (Å²) in [6.07, 6.45) is 6.83. The van der Waals surface area contributed by atoms with Crippen LogP contribution in [0, 0.1) is 5.41 Å². The van der Waals surface area contributed by atoms with E-state index in [1.54, 1.807) is 6.07 Å². The van der Waals surface area contributed by atoms with Gasteiger partial charge >= 0.3 is 0 Å². The van der Waals surface area contributed by atoms with Crippen LogP contribution in [0.4, 0.5) is 0 Å². The molecule has 1 heterocycles. The van der Waals surface area contributed by atoms with E-state index in [0.717, 1.165) is 37.1 Å². The third-order valence-corrected chi connectivity index (χ3v) is 7.67. The summed E-state index contributed by atoms with van der Waals surface area (Å²) in [4.78, 5) is 1.14. The van der Waals surface area contributed by atoms with Crippen LogP contribution in [0.3, 0.4) is 0 Å². The minimum atomic E-state index is -3.32. The zero-order valence-electron chi connectivity index (χ0n) is 12.5. The number of thiophene rings is 1. The number of rotatable bonds is 9. The number of hydrogen-bond donors (Lipinski definition) is 2. The minimum Gasteiger partial charge on any atom is -0.314 e. The van der Waals surface area contributed by atoms with Gasteiger partial charge in [0, 0.05) is 24.0 Å². The van der Waals surface area contributed by atoms with Crippen LogP contribution in [0.2, 0.25) is 0 Å². The van der Waals surface area contributed by atoms with E-state index in [2.05, 4.69) is 17.0 Å². The molecule has 2 aliphatic rings. The molecule has 0 aromatic carbocycles. The first-order valence-electron chi connectivity index (χ1n) is 7.85. The van der Waals surface area contributed by atoms with Crippen molar-refractivity contribution in [2.45, 2.75) is 55.7 Å². The van der Waals surface area contributed by atoms with Crippen LogP contribution in [0.25, 0.3) is 0 Å². The van der Waals surface area contributed by atoms with Gasteiger partial charge in [-0.25, -0.2) is 13.1 Å². The summed E-state index contributed by atoms with van der Waals surface area (Å²) >= 11 is 1.40. The average Bonchev–Trinajstić information content (AvgIpc) is 3.37. The second-order valence-electron chi connectivity index (χ2n) is 6.38. The SMILES string of the molecule is CCC1(CNS(=O)(=O)c2ccc(CCNC3CC3)s2)CC1. The van der Waals surface area contributed by atoms with Gasteiger partial charge in [-0.2, -0.15) is 0 Å². The van der Waals surface area contributed by atoms with Gasteiger partial charge in [0.1, 0.15) is 4.21 Å². The summed E-state index contributed by atoms with van der Waals surface area (Å²) in [7, 11) is -3.32.